The quantitative estimate of drug-likeness (QED) is 0.236. The number of halogens is 1. The minimum Gasteiger partial charge on any atom is -0.457 e. The molecule has 1 aliphatic heterocycles. The number of piperidine rings is 1. The number of fused-ring (bicyclic) bond motifs is 2. The molecule has 1 aliphatic carbocycles. The molecule has 0 bridgehead atoms. The minimum absolute atomic E-state index is 0.168. The summed E-state index contributed by atoms with van der Waals surface area (Å²) < 4.78 is 28.9. The third-order valence-electron chi connectivity index (χ3n) is 8.33. The Morgan fingerprint density at radius 1 is 1.09 bits per heavy atom. The van der Waals surface area contributed by atoms with Crippen molar-refractivity contribution < 1.29 is 18.7 Å². The Balaban J connectivity index is 1.12. The highest BCUT2D eigenvalue weighted by Crippen LogP contribution is 2.52. The summed E-state index contributed by atoms with van der Waals surface area (Å²) in [5.41, 5.74) is 2.63. The van der Waals surface area contributed by atoms with Crippen molar-refractivity contribution in [1.82, 2.24) is 34.4 Å². The number of hydrogen-bond acceptors (Lipinski definition) is 9. The summed E-state index contributed by atoms with van der Waals surface area (Å²) in [5.74, 6) is 1.03. The molecule has 1 amide bonds. The molecule has 5 aromatic rings. The van der Waals surface area contributed by atoms with Crippen molar-refractivity contribution in [1.29, 1.82) is 0 Å². The lowest BCUT2D eigenvalue weighted by Crippen LogP contribution is -2.49. The number of rotatable bonds is 5. The summed E-state index contributed by atoms with van der Waals surface area (Å²) in [6, 6.07) is 10.7. The van der Waals surface area contributed by atoms with Gasteiger partial charge in [-0.2, -0.15) is 5.10 Å². The van der Waals surface area contributed by atoms with Crippen LogP contribution in [0.25, 0.3) is 16.7 Å². The van der Waals surface area contributed by atoms with Crippen LogP contribution in [0.2, 0.25) is 0 Å². The average molecular weight is 597 g/mol. The maximum Gasteiger partial charge on any atom is 0.410 e. The van der Waals surface area contributed by atoms with Gasteiger partial charge in [0.05, 0.1) is 11.2 Å². The molecule has 11 nitrogen and oxygen atoms in total. The van der Waals surface area contributed by atoms with E-state index >= 15 is 4.39 Å². The van der Waals surface area contributed by atoms with Crippen molar-refractivity contribution in [3.8, 4) is 11.5 Å². The summed E-state index contributed by atoms with van der Waals surface area (Å²) in [6.07, 6.45) is 7.89. The van der Waals surface area contributed by atoms with Crippen LogP contribution in [0.5, 0.6) is 11.5 Å². The zero-order valence-corrected chi connectivity index (χ0v) is 25.0. The number of nitrogens with one attached hydrogen (secondary N) is 1. The first-order valence-corrected chi connectivity index (χ1v) is 14.7. The van der Waals surface area contributed by atoms with E-state index in [9.17, 15) is 4.79 Å². The van der Waals surface area contributed by atoms with E-state index in [-0.39, 0.29) is 23.2 Å². The number of hydrogen-bond donors (Lipinski definition) is 1. The van der Waals surface area contributed by atoms with Gasteiger partial charge in [0.2, 0.25) is 0 Å². The number of carbonyl (C=O) groups excluding carboxylic acids is 1. The van der Waals surface area contributed by atoms with Gasteiger partial charge < -0.3 is 19.7 Å². The maximum absolute atomic E-state index is 15.6. The minimum atomic E-state index is -0.536. The molecule has 0 radical (unpaired) electrons. The summed E-state index contributed by atoms with van der Waals surface area (Å²) in [6.45, 7) is 7.95. The van der Waals surface area contributed by atoms with Crippen molar-refractivity contribution in [3.05, 3.63) is 72.3 Å². The molecule has 44 heavy (non-hydrogen) atoms. The number of carbonyl (C=O) groups is 1. The van der Waals surface area contributed by atoms with Crippen LogP contribution in [-0.4, -0.2) is 58.2 Å². The molecule has 1 saturated carbocycles. The molecule has 12 heteroatoms. The third-order valence-corrected chi connectivity index (χ3v) is 8.33. The van der Waals surface area contributed by atoms with Crippen molar-refractivity contribution in [2.45, 2.75) is 70.4 Å². The first-order chi connectivity index (χ1) is 21.1. The van der Waals surface area contributed by atoms with Crippen molar-refractivity contribution >= 4 is 34.3 Å². The van der Waals surface area contributed by atoms with E-state index in [0.717, 1.165) is 31.4 Å². The zero-order chi connectivity index (χ0) is 30.6. The average Bonchev–Trinajstić information content (AvgIpc) is 3.58. The molecule has 4 aromatic heterocycles. The Bertz CT molecular complexity index is 1900. The fourth-order valence-electron chi connectivity index (χ4n) is 5.93. The van der Waals surface area contributed by atoms with Gasteiger partial charge >= 0.3 is 6.09 Å². The molecule has 0 unspecified atom stereocenters. The molecular weight excluding hydrogens is 563 g/mol. The molecule has 1 atom stereocenters. The number of anilines is 2. The van der Waals surface area contributed by atoms with E-state index in [1.54, 1.807) is 41.9 Å². The smallest absolute Gasteiger partial charge is 0.410 e. The number of aromatic nitrogens is 6. The summed E-state index contributed by atoms with van der Waals surface area (Å²) in [4.78, 5) is 32.8. The number of amides is 1. The molecule has 1 N–H and O–H groups in total. The second-order valence-corrected chi connectivity index (χ2v) is 12.6. The van der Waals surface area contributed by atoms with Gasteiger partial charge in [0, 0.05) is 41.5 Å². The van der Waals surface area contributed by atoms with Crippen molar-refractivity contribution in [2.75, 3.05) is 11.9 Å². The lowest BCUT2D eigenvalue weighted by Gasteiger charge is -2.40. The summed E-state index contributed by atoms with van der Waals surface area (Å²) in [7, 11) is 0. The van der Waals surface area contributed by atoms with Crippen LogP contribution in [0.1, 0.15) is 63.6 Å². The Labute approximate surface area is 253 Å². The topological polar surface area (TPSA) is 120 Å². The number of benzene rings is 1. The Morgan fingerprint density at radius 3 is 2.73 bits per heavy atom. The first kappa shape index (κ1) is 27.9. The molecule has 1 spiro atoms. The number of ether oxygens (including phenoxy) is 2. The fourth-order valence-corrected chi connectivity index (χ4v) is 5.93. The van der Waals surface area contributed by atoms with E-state index < -0.39 is 11.4 Å². The highest BCUT2D eigenvalue weighted by molar-refractivity contribution is 5.87. The predicted octanol–water partition coefficient (Wildman–Crippen LogP) is 6.70. The van der Waals surface area contributed by atoms with Crippen molar-refractivity contribution in [3.63, 3.8) is 0 Å². The highest BCUT2D eigenvalue weighted by atomic mass is 19.1. The third kappa shape index (κ3) is 5.24. The van der Waals surface area contributed by atoms with Gasteiger partial charge in [-0.15, -0.1) is 0 Å². The van der Waals surface area contributed by atoms with Crippen LogP contribution in [0, 0.1) is 12.7 Å². The first-order valence-electron chi connectivity index (χ1n) is 14.7. The Morgan fingerprint density at radius 2 is 1.93 bits per heavy atom. The lowest BCUT2D eigenvalue weighted by molar-refractivity contribution is 0.00357. The zero-order valence-electron chi connectivity index (χ0n) is 25.0. The van der Waals surface area contributed by atoms with E-state index in [2.05, 4.69) is 25.4 Å². The SMILES string of the molecule is Cc1c(Oc2ccn3ncnc3c2)ccc(Nc2ncnc3ccc([C@@H]4CCN(C(=O)OC(C)(C)C)C5(CC5)C4)nc23)c1F. The van der Waals surface area contributed by atoms with Gasteiger partial charge in [0.1, 0.15) is 35.3 Å². The van der Waals surface area contributed by atoms with Crippen LogP contribution in [0.15, 0.2) is 55.2 Å². The second-order valence-electron chi connectivity index (χ2n) is 12.6. The lowest BCUT2D eigenvalue weighted by atomic mass is 9.86. The molecule has 7 rings (SSSR count). The molecule has 1 saturated heterocycles. The predicted molar refractivity (Wildman–Crippen MR) is 162 cm³/mol. The largest absolute Gasteiger partial charge is 0.457 e. The Kier molecular flexibility index (Phi) is 6.60. The van der Waals surface area contributed by atoms with Crippen LogP contribution in [-0.2, 0) is 4.74 Å². The van der Waals surface area contributed by atoms with Crippen LogP contribution in [0.4, 0.5) is 20.7 Å². The van der Waals surface area contributed by atoms with Gasteiger partial charge in [-0.25, -0.2) is 33.6 Å². The molecule has 2 fully saturated rings. The number of pyridine rings is 2. The van der Waals surface area contributed by atoms with E-state index in [0.29, 0.717) is 46.1 Å². The normalized spacial score (nSPS) is 17.7. The van der Waals surface area contributed by atoms with Crippen LogP contribution >= 0.6 is 0 Å². The van der Waals surface area contributed by atoms with Gasteiger partial charge in [-0.05, 0) is 83.7 Å². The van der Waals surface area contributed by atoms with Gasteiger partial charge in [0.25, 0.3) is 0 Å². The molecule has 5 heterocycles. The van der Waals surface area contributed by atoms with Crippen LogP contribution < -0.4 is 10.1 Å². The summed E-state index contributed by atoms with van der Waals surface area (Å²) >= 11 is 0. The second kappa shape index (κ2) is 10.4. The van der Waals surface area contributed by atoms with Gasteiger partial charge in [0.15, 0.2) is 17.3 Å². The molecule has 2 aliphatic rings. The van der Waals surface area contributed by atoms with E-state index in [1.807, 2.05) is 37.8 Å². The van der Waals surface area contributed by atoms with Crippen molar-refractivity contribution in [2.24, 2.45) is 0 Å². The maximum atomic E-state index is 15.6. The molecule has 226 valence electrons. The molecular formula is C32H33FN8O3. The van der Waals surface area contributed by atoms with Crippen LogP contribution in [0.3, 0.4) is 0 Å². The standard InChI is InChI=1S/C32H33FN8O3/c1-19-25(43-21-10-14-41-26(15-21)35-18-37-41)8-7-23(27(19)33)39-29-28-24(34-17-36-29)6-5-22(38-28)20-9-13-40(32(16-20)11-12-32)30(42)44-31(2,3)4/h5-8,10,14-15,17-18,20H,9,11-13,16H2,1-4H3,(H,34,36,39)/t20-/m1/s1. The van der Waals surface area contributed by atoms with E-state index in [4.69, 9.17) is 14.5 Å². The van der Waals surface area contributed by atoms with Gasteiger partial charge in [-0.1, -0.05) is 0 Å². The number of likely N-dealkylation sites (tertiary alicyclic amines) is 1. The highest BCUT2D eigenvalue weighted by Gasteiger charge is 2.54. The monoisotopic (exact) mass is 596 g/mol. The summed E-state index contributed by atoms with van der Waals surface area (Å²) in [5, 5.41) is 7.21. The number of nitrogens with zero attached hydrogens (tertiary/aromatic N) is 7. The van der Waals surface area contributed by atoms with E-state index in [1.165, 1.54) is 12.7 Å². The van der Waals surface area contributed by atoms with Gasteiger partial charge in [-0.3, -0.25) is 0 Å². The Hall–Kier alpha value is -4.87. The fraction of sp³-hybridized carbons (Fsp3) is 0.375. The molecule has 1 aromatic carbocycles.